The number of hydrogen-bond donors (Lipinski definition) is 2. The van der Waals surface area contributed by atoms with Crippen LogP contribution in [0, 0.1) is 0 Å². The van der Waals surface area contributed by atoms with Crippen LogP contribution >= 0.6 is 0 Å². The van der Waals surface area contributed by atoms with Crippen LogP contribution in [-0.4, -0.2) is 28.6 Å². The molecule has 1 aromatic heterocycles. The van der Waals surface area contributed by atoms with E-state index in [4.69, 9.17) is 9.84 Å². The van der Waals surface area contributed by atoms with Gasteiger partial charge in [-0.15, -0.1) is 0 Å². The number of aromatic nitrogens is 1. The first-order valence-electron chi connectivity index (χ1n) is 7.24. The number of carbonyl (C=O) groups excluding carboxylic acids is 1. The summed E-state index contributed by atoms with van der Waals surface area (Å²) in [5, 5.41) is 11.9. The number of aliphatic hydroxyl groups is 1. The second kappa shape index (κ2) is 8.14. The van der Waals surface area contributed by atoms with Crippen LogP contribution in [0.15, 0.2) is 48.7 Å². The number of nitrogens with one attached hydrogen (secondary N) is 1. The van der Waals surface area contributed by atoms with Gasteiger partial charge < -0.3 is 15.2 Å². The Hall–Kier alpha value is -2.40. The van der Waals surface area contributed by atoms with Crippen LogP contribution in [0.25, 0.3) is 0 Å². The Balaban J connectivity index is 1.83. The molecule has 5 nitrogen and oxygen atoms in total. The minimum absolute atomic E-state index is 0.156. The SMILES string of the molecule is CC(O)CCNC(=O)c1ccc(OCc2ccccn2)cc1. The molecule has 0 spiro atoms. The van der Waals surface area contributed by atoms with Crippen molar-refractivity contribution in [2.75, 3.05) is 6.54 Å². The average molecular weight is 300 g/mol. The third-order valence-electron chi connectivity index (χ3n) is 3.08. The van der Waals surface area contributed by atoms with Gasteiger partial charge in [-0.05, 0) is 49.7 Å². The van der Waals surface area contributed by atoms with Crippen molar-refractivity contribution >= 4 is 5.91 Å². The Morgan fingerprint density at radius 2 is 2.05 bits per heavy atom. The van der Waals surface area contributed by atoms with Crippen molar-refractivity contribution in [3.63, 3.8) is 0 Å². The van der Waals surface area contributed by atoms with E-state index in [2.05, 4.69) is 10.3 Å². The molecular formula is C17H20N2O3. The third-order valence-corrected chi connectivity index (χ3v) is 3.08. The smallest absolute Gasteiger partial charge is 0.251 e. The number of ether oxygens (including phenoxy) is 1. The van der Waals surface area contributed by atoms with Gasteiger partial charge in [-0.2, -0.15) is 0 Å². The van der Waals surface area contributed by atoms with E-state index in [1.807, 2.05) is 18.2 Å². The fraction of sp³-hybridized carbons (Fsp3) is 0.294. The predicted molar refractivity (Wildman–Crippen MR) is 83.6 cm³/mol. The molecule has 0 aliphatic carbocycles. The highest BCUT2D eigenvalue weighted by Crippen LogP contribution is 2.13. The van der Waals surface area contributed by atoms with Gasteiger partial charge in [0.25, 0.3) is 5.91 Å². The van der Waals surface area contributed by atoms with Gasteiger partial charge in [-0.1, -0.05) is 6.07 Å². The van der Waals surface area contributed by atoms with E-state index in [9.17, 15) is 4.79 Å². The second-order valence-electron chi connectivity index (χ2n) is 5.03. The first kappa shape index (κ1) is 16.0. The monoisotopic (exact) mass is 300 g/mol. The topological polar surface area (TPSA) is 71.5 Å². The van der Waals surface area contributed by atoms with Crippen molar-refractivity contribution in [2.24, 2.45) is 0 Å². The second-order valence-corrected chi connectivity index (χ2v) is 5.03. The fourth-order valence-electron chi connectivity index (χ4n) is 1.84. The van der Waals surface area contributed by atoms with Crippen molar-refractivity contribution in [2.45, 2.75) is 26.1 Å². The first-order chi connectivity index (χ1) is 10.6. The van der Waals surface area contributed by atoms with Gasteiger partial charge in [-0.25, -0.2) is 0 Å². The highest BCUT2D eigenvalue weighted by Gasteiger charge is 2.06. The fourth-order valence-corrected chi connectivity index (χ4v) is 1.84. The van der Waals surface area contributed by atoms with Crippen LogP contribution in [0.4, 0.5) is 0 Å². The molecule has 0 aliphatic rings. The van der Waals surface area contributed by atoms with Crippen molar-refractivity contribution in [1.82, 2.24) is 10.3 Å². The Morgan fingerprint density at radius 1 is 1.27 bits per heavy atom. The number of benzene rings is 1. The lowest BCUT2D eigenvalue weighted by molar-refractivity contribution is 0.0945. The number of aliphatic hydroxyl groups excluding tert-OH is 1. The van der Waals surface area contributed by atoms with Crippen molar-refractivity contribution in [1.29, 1.82) is 0 Å². The largest absolute Gasteiger partial charge is 0.487 e. The molecule has 1 amide bonds. The molecule has 0 saturated carbocycles. The van der Waals surface area contributed by atoms with E-state index in [0.717, 1.165) is 5.69 Å². The first-order valence-corrected chi connectivity index (χ1v) is 7.24. The number of pyridine rings is 1. The van der Waals surface area contributed by atoms with Crippen molar-refractivity contribution < 1.29 is 14.6 Å². The van der Waals surface area contributed by atoms with Crippen LogP contribution in [0.5, 0.6) is 5.75 Å². The van der Waals surface area contributed by atoms with E-state index in [1.165, 1.54) is 0 Å². The molecular weight excluding hydrogens is 280 g/mol. The highest BCUT2D eigenvalue weighted by atomic mass is 16.5. The Morgan fingerprint density at radius 3 is 2.68 bits per heavy atom. The Labute approximate surface area is 130 Å². The van der Waals surface area contributed by atoms with Crippen LogP contribution in [0.1, 0.15) is 29.4 Å². The summed E-state index contributed by atoms with van der Waals surface area (Å²) in [6, 6.07) is 12.6. The lowest BCUT2D eigenvalue weighted by Crippen LogP contribution is -2.26. The normalized spacial score (nSPS) is 11.7. The van der Waals surface area contributed by atoms with Gasteiger partial charge in [0.1, 0.15) is 12.4 Å². The number of rotatable bonds is 7. The van der Waals surface area contributed by atoms with Gasteiger partial charge in [0.15, 0.2) is 0 Å². The molecule has 22 heavy (non-hydrogen) atoms. The molecule has 1 atom stereocenters. The number of amides is 1. The number of hydrogen-bond acceptors (Lipinski definition) is 4. The summed E-state index contributed by atoms with van der Waals surface area (Å²) in [5.41, 5.74) is 1.42. The molecule has 0 saturated heterocycles. The molecule has 5 heteroatoms. The quantitative estimate of drug-likeness (QED) is 0.822. The standard InChI is InChI=1S/C17H20N2O3/c1-13(20)9-11-19-17(21)14-5-7-16(8-6-14)22-12-15-4-2-3-10-18-15/h2-8,10,13,20H,9,11-12H2,1H3,(H,19,21). The number of nitrogens with zero attached hydrogens (tertiary/aromatic N) is 1. The summed E-state index contributed by atoms with van der Waals surface area (Å²) in [6.45, 7) is 2.54. The molecule has 116 valence electrons. The highest BCUT2D eigenvalue weighted by molar-refractivity contribution is 5.94. The summed E-state index contributed by atoms with van der Waals surface area (Å²) < 4.78 is 5.61. The van der Waals surface area contributed by atoms with Crippen molar-refractivity contribution in [3.05, 3.63) is 59.9 Å². The summed E-state index contributed by atoms with van der Waals surface area (Å²) >= 11 is 0. The predicted octanol–water partition coefficient (Wildman–Crippen LogP) is 2.16. The van der Waals surface area contributed by atoms with E-state index in [-0.39, 0.29) is 5.91 Å². The van der Waals surface area contributed by atoms with Crippen LogP contribution in [-0.2, 0) is 6.61 Å². The lowest BCUT2D eigenvalue weighted by Gasteiger charge is -2.08. The average Bonchev–Trinajstić information content (AvgIpc) is 2.54. The molecule has 1 unspecified atom stereocenters. The molecule has 0 aliphatic heterocycles. The van der Waals surface area contributed by atoms with E-state index >= 15 is 0 Å². The van der Waals surface area contributed by atoms with Gasteiger partial charge in [0, 0.05) is 18.3 Å². The maximum absolute atomic E-state index is 11.9. The molecule has 0 radical (unpaired) electrons. The van der Waals surface area contributed by atoms with Crippen LogP contribution in [0.2, 0.25) is 0 Å². The molecule has 0 bridgehead atoms. The zero-order valence-electron chi connectivity index (χ0n) is 12.5. The zero-order valence-corrected chi connectivity index (χ0v) is 12.5. The minimum Gasteiger partial charge on any atom is -0.487 e. The van der Waals surface area contributed by atoms with Crippen LogP contribution < -0.4 is 10.1 Å². The maximum atomic E-state index is 11.9. The van der Waals surface area contributed by atoms with Crippen molar-refractivity contribution in [3.8, 4) is 5.75 Å². The summed E-state index contributed by atoms with van der Waals surface area (Å²) in [5.74, 6) is 0.531. The van der Waals surface area contributed by atoms with E-state index in [0.29, 0.717) is 30.9 Å². The van der Waals surface area contributed by atoms with Gasteiger partial charge in [0.05, 0.1) is 11.8 Å². The third kappa shape index (κ3) is 5.18. The molecule has 2 N–H and O–H groups in total. The van der Waals surface area contributed by atoms with Crippen LogP contribution in [0.3, 0.4) is 0 Å². The molecule has 1 aromatic carbocycles. The Bertz CT molecular complexity index is 583. The number of carbonyl (C=O) groups is 1. The van der Waals surface area contributed by atoms with Gasteiger partial charge >= 0.3 is 0 Å². The van der Waals surface area contributed by atoms with Gasteiger partial charge in [-0.3, -0.25) is 9.78 Å². The molecule has 2 aromatic rings. The minimum atomic E-state index is -0.414. The lowest BCUT2D eigenvalue weighted by atomic mass is 10.2. The summed E-state index contributed by atoms with van der Waals surface area (Å²) in [7, 11) is 0. The molecule has 0 fully saturated rings. The maximum Gasteiger partial charge on any atom is 0.251 e. The Kier molecular flexibility index (Phi) is 5.91. The summed E-state index contributed by atoms with van der Waals surface area (Å²) in [4.78, 5) is 16.1. The van der Waals surface area contributed by atoms with Gasteiger partial charge in [0.2, 0.25) is 0 Å². The molecule has 1 heterocycles. The molecule has 2 rings (SSSR count). The van der Waals surface area contributed by atoms with E-state index < -0.39 is 6.10 Å². The summed E-state index contributed by atoms with van der Waals surface area (Å²) in [6.07, 6.45) is 1.85. The zero-order chi connectivity index (χ0) is 15.8. The van der Waals surface area contributed by atoms with E-state index in [1.54, 1.807) is 37.4 Å².